The van der Waals surface area contributed by atoms with E-state index in [1.807, 2.05) is 6.92 Å². The first-order valence-electron chi connectivity index (χ1n) is 6.44. The van der Waals surface area contributed by atoms with Crippen molar-refractivity contribution in [2.45, 2.75) is 20.8 Å². The van der Waals surface area contributed by atoms with Crippen LogP contribution in [0.4, 0.5) is 0 Å². The molecule has 0 saturated carbocycles. The lowest BCUT2D eigenvalue weighted by Gasteiger charge is -2.12. The average molecular weight is 423 g/mol. The highest BCUT2D eigenvalue weighted by molar-refractivity contribution is 9.11. The van der Waals surface area contributed by atoms with Crippen LogP contribution in [0.2, 0.25) is 0 Å². The Hall–Kier alpha value is -1.08. The molecule has 0 amide bonds. The maximum Gasteiger partial charge on any atom is 0.339 e. The summed E-state index contributed by atoms with van der Waals surface area (Å²) < 4.78 is 12.0. The highest BCUT2D eigenvalue weighted by Crippen LogP contribution is 2.36. The zero-order valence-corrected chi connectivity index (χ0v) is 15.3. The van der Waals surface area contributed by atoms with Crippen LogP contribution >= 0.6 is 31.9 Å². The summed E-state index contributed by atoms with van der Waals surface area (Å²) >= 11 is 6.77. The van der Waals surface area contributed by atoms with E-state index < -0.39 is 5.97 Å². The Morgan fingerprint density at radius 1 is 1.24 bits per heavy atom. The van der Waals surface area contributed by atoms with Crippen LogP contribution in [0.1, 0.15) is 31.1 Å². The van der Waals surface area contributed by atoms with Crippen molar-refractivity contribution in [3.63, 3.8) is 0 Å². The van der Waals surface area contributed by atoms with Gasteiger partial charge in [-0.15, -0.1) is 0 Å². The Balaban J connectivity index is 2.91. The molecule has 0 radical (unpaired) electrons. The molecule has 0 aliphatic heterocycles. The molecular formula is C14H17Br2NO4. The van der Waals surface area contributed by atoms with Crippen molar-refractivity contribution in [1.29, 1.82) is 0 Å². The molecule has 0 fully saturated rings. The second-order valence-electron chi connectivity index (χ2n) is 3.99. The van der Waals surface area contributed by atoms with Gasteiger partial charge in [0.15, 0.2) is 0 Å². The molecule has 21 heavy (non-hydrogen) atoms. The van der Waals surface area contributed by atoms with E-state index in [-0.39, 0.29) is 6.61 Å². The van der Waals surface area contributed by atoms with Crippen molar-refractivity contribution in [1.82, 2.24) is 0 Å². The topological polar surface area (TPSA) is 57.1 Å². The van der Waals surface area contributed by atoms with Crippen LogP contribution in [-0.4, -0.2) is 31.5 Å². The molecule has 0 N–H and O–H groups in total. The zero-order chi connectivity index (χ0) is 15.8. The number of benzene rings is 1. The summed E-state index contributed by atoms with van der Waals surface area (Å²) in [5.41, 5.74) is 1.10. The van der Waals surface area contributed by atoms with Crippen LogP contribution in [0.15, 0.2) is 26.2 Å². The predicted molar refractivity (Wildman–Crippen MR) is 88.0 cm³/mol. The second kappa shape index (κ2) is 9.04. The molecule has 5 nitrogen and oxygen atoms in total. The molecule has 1 aromatic carbocycles. The Morgan fingerprint density at radius 3 is 2.57 bits per heavy atom. The number of hydrogen-bond donors (Lipinski definition) is 0. The zero-order valence-electron chi connectivity index (χ0n) is 12.1. The molecule has 0 atom stereocenters. The molecular weight excluding hydrogens is 406 g/mol. The SMILES string of the molecule is CCO/N=C(/C)COc1c(Br)ccc(C(=O)OCC)c1Br. The highest BCUT2D eigenvalue weighted by Gasteiger charge is 2.17. The third-order valence-corrected chi connectivity index (χ3v) is 3.73. The summed E-state index contributed by atoms with van der Waals surface area (Å²) in [7, 11) is 0. The Morgan fingerprint density at radius 2 is 1.95 bits per heavy atom. The van der Waals surface area contributed by atoms with Gasteiger partial charge in [-0.25, -0.2) is 4.79 Å². The van der Waals surface area contributed by atoms with Gasteiger partial charge in [-0.2, -0.15) is 0 Å². The van der Waals surface area contributed by atoms with Gasteiger partial charge in [0.2, 0.25) is 0 Å². The van der Waals surface area contributed by atoms with Gasteiger partial charge in [0.1, 0.15) is 19.0 Å². The summed E-state index contributed by atoms with van der Waals surface area (Å²) in [6.07, 6.45) is 0. The number of esters is 1. The maximum absolute atomic E-state index is 11.8. The van der Waals surface area contributed by atoms with E-state index in [1.165, 1.54) is 0 Å². The summed E-state index contributed by atoms with van der Waals surface area (Å²) in [5.74, 6) is 0.119. The van der Waals surface area contributed by atoms with E-state index in [0.717, 1.165) is 4.47 Å². The molecule has 1 aromatic rings. The number of nitrogens with zero attached hydrogens (tertiary/aromatic N) is 1. The fourth-order valence-corrected chi connectivity index (χ4v) is 2.74. The molecule has 0 heterocycles. The van der Waals surface area contributed by atoms with Gasteiger partial charge in [-0.1, -0.05) is 5.16 Å². The van der Waals surface area contributed by atoms with Gasteiger partial charge in [0.25, 0.3) is 0 Å². The van der Waals surface area contributed by atoms with E-state index in [0.29, 0.717) is 34.7 Å². The number of rotatable bonds is 7. The van der Waals surface area contributed by atoms with Crippen molar-refractivity contribution in [3.8, 4) is 5.75 Å². The lowest BCUT2D eigenvalue weighted by Crippen LogP contribution is -2.11. The smallest absolute Gasteiger partial charge is 0.339 e. The van der Waals surface area contributed by atoms with Crippen molar-refractivity contribution in [2.75, 3.05) is 19.8 Å². The number of carbonyl (C=O) groups excluding carboxylic acids is 1. The van der Waals surface area contributed by atoms with Crippen LogP contribution in [0.5, 0.6) is 5.75 Å². The maximum atomic E-state index is 11.8. The summed E-state index contributed by atoms with van der Waals surface area (Å²) in [4.78, 5) is 16.8. The number of oxime groups is 1. The minimum absolute atomic E-state index is 0.253. The van der Waals surface area contributed by atoms with Crippen LogP contribution in [0.25, 0.3) is 0 Å². The Bertz CT molecular complexity index is 532. The van der Waals surface area contributed by atoms with Gasteiger partial charge in [0, 0.05) is 0 Å². The van der Waals surface area contributed by atoms with E-state index in [2.05, 4.69) is 37.0 Å². The number of ether oxygens (including phenoxy) is 2. The van der Waals surface area contributed by atoms with Gasteiger partial charge >= 0.3 is 5.97 Å². The van der Waals surface area contributed by atoms with Crippen LogP contribution in [0, 0.1) is 0 Å². The fourth-order valence-electron chi connectivity index (χ4n) is 1.41. The molecule has 116 valence electrons. The first kappa shape index (κ1) is 18.0. The van der Waals surface area contributed by atoms with E-state index in [9.17, 15) is 4.79 Å². The molecule has 0 spiro atoms. The molecule has 1 rings (SSSR count). The van der Waals surface area contributed by atoms with E-state index in [1.54, 1.807) is 26.0 Å². The van der Waals surface area contributed by atoms with Crippen LogP contribution in [0.3, 0.4) is 0 Å². The second-order valence-corrected chi connectivity index (χ2v) is 5.64. The Kier molecular flexibility index (Phi) is 7.74. The normalized spacial score (nSPS) is 11.2. The third-order valence-electron chi connectivity index (χ3n) is 2.32. The first-order chi connectivity index (χ1) is 10.0. The molecule has 0 aliphatic carbocycles. The molecule has 0 aromatic heterocycles. The highest BCUT2D eigenvalue weighted by atomic mass is 79.9. The van der Waals surface area contributed by atoms with Gasteiger partial charge < -0.3 is 14.3 Å². The van der Waals surface area contributed by atoms with E-state index in [4.69, 9.17) is 14.3 Å². The van der Waals surface area contributed by atoms with Crippen molar-refractivity contribution < 1.29 is 19.1 Å². The summed E-state index contributed by atoms with van der Waals surface area (Å²) in [6.45, 7) is 6.49. The lowest BCUT2D eigenvalue weighted by molar-refractivity contribution is 0.0524. The fraction of sp³-hybridized carbons (Fsp3) is 0.429. The molecule has 7 heteroatoms. The van der Waals surface area contributed by atoms with Crippen LogP contribution < -0.4 is 4.74 Å². The van der Waals surface area contributed by atoms with Crippen LogP contribution in [-0.2, 0) is 9.57 Å². The van der Waals surface area contributed by atoms with Gasteiger partial charge in [-0.3, -0.25) is 0 Å². The van der Waals surface area contributed by atoms with Crippen molar-refractivity contribution in [2.24, 2.45) is 5.16 Å². The van der Waals surface area contributed by atoms with Gasteiger partial charge in [-0.05, 0) is 64.8 Å². The molecule has 0 aliphatic rings. The Labute approximate surface area is 140 Å². The predicted octanol–water partition coefficient (Wildman–Crippen LogP) is 4.18. The monoisotopic (exact) mass is 421 g/mol. The molecule has 0 unspecified atom stereocenters. The third kappa shape index (κ3) is 5.32. The molecule has 0 saturated heterocycles. The van der Waals surface area contributed by atoms with Crippen molar-refractivity contribution in [3.05, 3.63) is 26.6 Å². The minimum atomic E-state index is -0.401. The van der Waals surface area contributed by atoms with Crippen molar-refractivity contribution >= 4 is 43.5 Å². The average Bonchev–Trinajstić information content (AvgIpc) is 2.45. The molecule has 0 bridgehead atoms. The number of hydrogen-bond acceptors (Lipinski definition) is 5. The summed E-state index contributed by atoms with van der Waals surface area (Å²) in [5, 5.41) is 3.87. The summed E-state index contributed by atoms with van der Waals surface area (Å²) in [6, 6.07) is 3.40. The quantitative estimate of drug-likeness (QED) is 0.375. The largest absolute Gasteiger partial charge is 0.485 e. The van der Waals surface area contributed by atoms with E-state index >= 15 is 0 Å². The first-order valence-corrected chi connectivity index (χ1v) is 8.03. The standard InChI is InChI=1S/C14H17Br2NO4/c1-4-19-14(18)10-6-7-11(15)13(12(10)16)20-8-9(3)17-21-5-2/h6-7H,4-5,8H2,1-3H3/b17-9-. The lowest BCUT2D eigenvalue weighted by atomic mass is 10.2. The number of carbonyl (C=O) groups is 1. The minimum Gasteiger partial charge on any atom is -0.485 e. The number of halogens is 2. The van der Waals surface area contributed by atoms with Gasteiger partial charge in [0.05, 0.1) is 26.8 Å².